The first kappa shape index (κ1) is 8.47. The van der Waals surface area contributed by atoms with E-state index in [-0.39, 0.29) is 0 Å². The molecule has 68 valence electrons. The van der Waals surface area contributed by atoms with E-state index in [0.29, 0.717) is 16.5 Å². The summed E-state index contributed by atoms with van der Waals surface area (Å²) in [5.74, 6) is 0. The Hall–Kier alpha value is -1.13. The van der Waals surface area contributed by atoms with Crippen LogP contribution in [0.4, 0.5) is 0 Å². The Kier molecular flexibility index (Phi) is 1.94. The Bertz CT molecular complexity index is 438. The van der Waals surface area contributed by atoms with Gasteiger partial charge in [0.1, 0.15) is 10.8 Å². The third-order valence-corrected chi connectivity index (χ3v) is 2.17. The molecule has 0 radical (unpaired) electrons. The van der Waals surface area contributed by atoms with E-state index >= 15 is 0 Å². The van der Waals surface area contributed by atoms with Crippen LogP contribution < -0.4 is 0 Å². The van der Waals surface area contributed by atoms with Crippen molar-refractivity contribution in [3.05, 3.63) is 29.4 Å². The first-order valence-electron chi connectivity index (χ1n) is 3.85. The Balaban J connectivity index is 2.74. The van der Waals surface area contributed by atoms with Gasteiger partial charge in [-0.3, -0.25) is 9.38 Å². The van der Waals surface area contributed by atoms with Gasteiger partial charge in [-0.1, -0.05) is 11.6 Å². The molecule has 13 heavy (non-hydrogen) atoms. The fourth-order valence-electron chi connectivity index (χ4n) is 1.16. The van der Waals surface area contributed by atoms with Gasteiger partial charge < -0.3 is 5.11 Å². The lowest BCUT2D eigenvalue weighted by Gasteiger charge is -1.98. The monoisotopic (exact) mass is 197 g/mol. The number of fused-ring (bicyclic) bond motifs is 1. The van der Waals surface area contributed by atoms with Crippen LogP contribution in [0.15, 0.2) is 18.6 Å². The third-order valence-electron chi connectivity index (χ3n) is 1.79. The topological polar surface area (TPSA) is 50.4 Å². The summed E-state index contributed by atoms with van der Waals surface area (Å²) in [7, 11) is 0. The molecule has 0 spiro atoms. The van der Waals surface area contributed by atoms with Crippen molar-refractivity contribution < 1.29 is 5.11 Å². The molecular weight excluding hydrogens is 190 g/mol. The van der Waals surface area contributed by atoms with Crippen LogP contribution in [0.1, 0.15) is 18.7 Å². The second-order valence-electron chi connectivity index (χ2n) is 2.77. The van der Waals surface area contributed by atoms with Crippen molar-refractivity contribution in [1.29, 1.82) is 0 Å². The van der Waals surface area contributed by atoms with E-state index in [1.165, 1.54) is 0 Å². The van der Waals surface area contributed by atoms with Crippen LogP contribution in [0, 0.1) is 0 Å². The van der Waals surface area contributed by atoms with Gasteiger partial charge in [0.05, 0.1) is 12.3 Å². The number of aliphatic hydroxyl groups is 1. The molecule has 2 aromatic heterocycles. The molecule has 0 amide bonds. The van der Waals surface area contributed by atoms with Crippen LogP contribution in [-0.2, 0) is 0 Å². The standard InChI is InChI=1S/C8H8ClN3O/c1-5(13)7-8(9)12-3-2-10-4-6(12)11-7/h2-5,13H,1H3. The number of nitrogens with zero attached hydrogens (tertiary/aromatic N) is 3. The highest BCUT2D eigenvalue weighted by Gasteiger charge is 2.13. The SMILES string of the molecule is CC(O)c1nc2cnccn2c1Cl. The maximum absolute atomic E-state index is 9.32. The molecule has 0 aromatic carbocycles. The molecule has 4 nitrogen and oxygen atoms in total. The number of aliphatic hydroxyl groups excluding tert-OH is 1. The zero-order valence-corrected chi connectivity index (χ0v) is 7.73. The summed E-state index contributed by atoms with van der Waals surface area (Å²) in [6.07, 6.45) is 4.26. The quantitative estimate of drug-likeness (QED) is 0.753. The van der Waals surface area contributed by atoms with Crippen LogP contribution in [0.5, 0.6) is 0 Å². The Labute approximate surface area is 79.8 Å². The average molecular weight is 198 g/mol. The van der Waals surface area contributed by atoms with Crippen molar-refractivity contribution in [3.8, 4) is 0 Å². The van der Waals surface area contributed by atoms with Gasteiger partial charge in [0.25, 0.3) is 0 Å². The Morgan fingerprint density at radius 2 is 2.38 bits per heavy atom. The van der Waals surface area contributed by atoms with E-state index in [4.69, 9.17) is 11.6 Å². The van der Waals surface area contributed by atoms with Crippen molar-refractivity contribution >= 4 is 17.2 Å². The molecule has 0 aliphatic heterocycles. The maximum Gasteiger partial charge on any atom is 0.156 e. The van der Waals surface area contributed by atoms with Crippen LogP contribution in [0.3, 0.4) is 0 Å². The van der Waals surface area contributed by atoms with Gasteiger partial charge in [0, 0.05) is 12.4 Å². The van der Waals surface area contributed by atoms with Gasteiger partial charge in [-0.05, 0) is 6.92 Å². The highest BCUT2D eigenvalue weighted by molar-refractivity contribution is 6.30. The molecule has 0 aliphatic rings. The highest BCUT2D eigenvalue weighted by Crippen LogP contribution is 2.22. The van der Waals surface area contributed by atoms with Gasteiger partial charge in [0.2, 0.25) is 0 Å². The normalized spacial score (nSPS) is 13.5. The van der Waals surface area contributed by atoms with Crippen LogP contribution in [-0.4, -0.2) is 19.5 Å². The summed E-state index contributed by atoms with van der Waals surface area (Å²) in [5, 5.41) is 9.76. The van der Waals surface area contributed by atoms with Gasteiger partial charge in [-0.25, -0.2) is 4.98 Å². The predicted molar refractivity (Wildman–Crippen MR) is 48.6 cm³/mol. The molecule has 5 heteroatoms. The molecule has 1 N–H and O–H groups in total. The number of hydrogen-bond acceptors (Lipinski definition) is 3. The molecule has 1 atom stereocenters. The minimum Gasteiger partial charge on any atom is -0.387 e. The maximum atomic E-state index is 9.32. The van der Waals surface area contributed by atoms with E-state index < -0.39 is 6.10 Å². The van der Waals surface area contributed by atoms with Crippen molar-refractivity contribution in [3.63, 3.8) is 0 Å². The summed E-state index contributed by atoms with van der Waals surface area (Å²) in [5.41, 5.74) is 1.12. The lowest BCUT2D eigenvalue weighted by molar-refractivity contribution is 0.195. The van der Waals surface area contributed by atoms with E-state index in [0.717, 1.165) is 0 Å². The summed E-state index contributed by atoms with van der Waals surface area (Å²) < 4.78 is 1.68. The van der Waals surface area contributed by atoms with Crippen molar-refractivity contribution in [2.45, 2.75) is 13.0 Å². The lowest BCUT2D eigenvalue weighted by atomic mass is 10.3. The minimum atomic E-state index is -0.660. The molecule has 0 bridgehead atoms. The number of imidazole rings is 1. The molecule has 2 rings (SSSR count). The Morgan fingerprint density at radius 1 is 1.62 bits per heavy atom. The van der Waals surface area contributed by atoms with Gasteiger partial charge >= 0.3 is 0 Å². The summed E-state index contributed by atoms with van der Waals surface area (Å²) in [6.45, 7) is 1.63. The highest BCUT2D eigenvalue weighted by atomic mass is 35.5. The zero-order chi connectivity index (χ0) is 9.42. The number of rotatable bonds is 1. The van der Waals surface area contributed by atoms with Crippen molar-refractivity contribution in [2.24, 2.45) is 0 Å². The average Bonchev–Trinajstić information content (AvgIpc) is 2.45. The fourth-order valence-corrected chi connectivity index (χ4v) is 1.50. The fraction of sp³-hybridized carbons (Fsp3) is 0.250. The molecular formula is C8H8ClN3O. The molecule has 0 saturated carbocycles. The van der Waals surface area contributed by atoms with Crippen LogP contribution in [0.2, 0.25) is 5.15 Å². The van der Waals surface area contributed by atoms with E-state index in [1.807, 2.05) is 0 Å². The largest absolute Gasteiger partial charge is 0.387 e. The predicted octanol–water partition coefficient (Wildman–Crippen LogP) is 1.44. The molecule has 2 aromatic rings. The molecule has 2 heterocycles. The van der Waals surface area contributed by atoms with Gasteiger partial charge in [-0.15, -0.1) is 0 Å². The van der Waals surface area contributed by atoms with Crippen molar-refractivity contribution in [2.75, 3.05) is 0 Å². The number of hydrogen-bond donors (Lipinski definition) is 1. The Morgan fingerprint density at radius 3 is 3.00 bits per heavy atom. The summed E-state index contributed by atoms with van der Waals surface area (Å²) in [4.78, 5) is 8.03. The number of aromatic nitrogens is 3. The van der Waals surface area contributed by atoms with Crippen molar-refractivity contribution in [1.82, 2.24) is 14.4 Å². The van der Waals surface area contributed by atoms with Crippen LogP contribution in [0.25, 0.3) is 5.65 Å². The van der Waals surface area contributed by atoms with Gasteiger partial charge in [0.15, 0.2) is 5.65 Å². The van der Waals surface area contributed by atoms with E-state index in [9.17, 15) is 5.11 Å². The van der Waals surface area contributed by atoms with E-state index in [2.05, 4.69) is 9.97 Å². The van der Waals surface area contributed by atoms with Crippen LogP contribution >= 0.6 is 11.6 Å². The second-order valence-corrected chi connectivity index (χ2v) is 3.13. The number of halogens is 1. The third kappa shape index (κ3) is 1.28. The second kappa shape index (κ2) is 2.97. The zero-order valence-electron chi connectivity index (χ0n) is 6.98. The summed E-state index contributed by atoms with van der Waals surface area (Å²) in [6, 6.07) is 0. The molecule has 0 saturated heterocycles. The summed E-state index contributed by atoms with van der Waals surface area (Å²) >= 11 is 5.96. The first-order chi connectivity index (χ1) is 6.20. The first-order valence-corrected chi connectivity index (χ1v) is 4.23. The molecule has 0 fully saturated rings. The van der Waals surface area contributed by atoms with E-state index in [1.54, 1.807) is 29.9 Å². The van der Waals surface area contributed by atoms with Gasteiger partial charge in [-0.2, -0.15) is 0 Å². The molecule has 1 unspecified atom stereocenters. The lowest BCUT2D eigenvalue weighted by Crippen LogP contribution is -1.91. The molecule has 0 aliphatic carbocycles. The smallest absolute Gasteiger partial charge is 0.156 e. The minimum absolute atomic E-state index is 0.437.